The van der Waals surface area contributed by atoms with E-state index in [1.807, 2.05) is 6.07 Å². The summed E-state index contributed by atoms with van der Waals surface area (Å²) < 4.78 is 0.889. The fraction of sp³-hybridized carbons (Fsp3) is 0.667. The van der Waals surface area contributed by atoms with Gasteiger partial charge in [0.2, 0.25) is 0 Å². The third-order valence-corrected chi connectivity index (χ3v) is 4.57. The Hall–Kier alpha value is -0.0500. The van der Waals surface area contributed by atoms with Gasteiger partial charge in [-0.3, -0.25) is 0 Å². The predicted octanol–water partition coefficient (Wildman–Crippen LogP) is 4.07. The minimum Gasteiger partial charge on any atom is -0.309 e. The molecule has 1 heterocycles. The van der Waals surface area contributed by atoms with E-state index in [1.54, 1.807) is 11.3 Å². The van der Waals surface area contributed by atoms with Crippen LogP contribution in [0.4, 0.5) is 0 Å². The van der Waals surface area contributed by atoms with Gasteiger partial charge in [-0.25, -0.2) is 0 Å². The van der Waals surface area contributed by atoms with Crippen LogP contribution in [-0.2, 0) is 6.54 Å². The number of hydrogen-bond donors (Lipinski definition) is 1. The molecule has 1 saturated carbocycles. The van der Waals surface area contributed by atoms with Crippen LogP contribution in [0, 0.1) is 5.92 Å². The number of thiophene rings is 1. The second-order valence-corrected chi connectivity index (χ2v) is 6.22. The molecule has 0 bridgehead atoms. The molecule has 1 aromatic rings. The van der Waals surface area contributed by atoms with Crippen molar-refractivity contribution in [2.75, 3.05) is 0 Å². The average molecular weight is 244 g/mol. The number of hydrogen-bond acceptors (Lipinski definition) is 2. The van der Waals surface area contributed by atoms with E-state index in [4.69, 9.17) is 11.6 Å². The zero-order valence-corrected chi connectivity index (χ0v) is 10.7. The summed E-state index contributed by atoms with van der Waals surface area (Å²) in [5.74, 6) is 0.889. The summed E-state index contributed by atoms with van der Waals surface area (Å²) in [4.78, 5) is 1.34. The molecule has 0 amide bonds. The lowest BCUT2D eigenvalue weighted by Crippen LogP contribution is -2.31. The molecule has 1 nitrogen and oxygen atoms in total. The van der Waals surface area contributed by atoms with Crippen LogP contribution >= 0.6 is 22.9 Å². The molecule has 0 unspecified atom stereocenters. The summed E-state index contributed by atoms with van der Waals surface area (Å²) in [6.45, 7) is 3.28. The Morgan fingerprint density at radius 3 is 2.80 bits per heavy atom. The van der Waals surface area contributed by atoms with Crippen LogP contribution in [0.3, 0.4) is 0 Å². The minimum atomic E-state index is 0.647. The zero-order valence-electron chi connectivity index (χ0n) is 9.13. The lowest BCUT2D eigenvalue weighted by atomic mass is 10.00. The molecule has 0 saturated heterocycles. The molecule has 2 rings (SSSR count). The quantitative estimate of drug-likeness (QED) is 0.841. The molecule has 1 N–H and O–H groups in total. The van der Waals surface area contributed by atoms with Crippen LogP contribution < -0.4 is 5.32 Å². The number of nitrogens with one attached hydrogen (secondary N) is 1. The number of halogens is 1. The topological polar surface area (TPSA) is 12.0 Å². The third-order valence-electron chi connectivity index (χ3n) is 3.33. The number of rotatable bonds is 4. The highest BCUT2D eigenvalue weighted by atomic mass is 35.5. The van der Waals surface area contributed by atoms with E-state index in [-0.39, 0.29) is 0 Å². The van der Waals surface area contributed by atoms with E-state index < -0.39 is 0 Å². The highest BCUT2D eigenvalue weighted by Gasteiger charge is 2.20. The summed E-state index contributed by atoms with van der Waals surface area (Å²) in [5.41, 5.74) is 0. The van der Waals surface area contributed by atoms with E-state index in [2.05, 4.69) is 18.3 Å². The molecular weight excluding hydrogens is 226 g/mol. The SMILES string of the molecule is C[C@H](NCc1ccc(Cl)s1)C1CCCC1. The lowest BCUT2D eigenvalue weighted by Gasteiger charge is -2.19. The molecule has 0 spiro atoms. The molecule has 84 valence electrons. The summed E-state index contributed by atoms with van der Waals surface area (Å²) in [5, 5.41) is 3.61. The Bertz CT molecular complexity index is 304. The first-order chi connectivity index (χ1) is 7.25. The van der Waals surface area contributed by atoms with E-state index in [0.29, 0.717) is 6.04 Å². The van der Waals surface area contributed by atoms with Crippen molar-refractivity contribution in [3.8, 4) is 0 Å². The van der Waals surface area contributed by atoms with Gasteiger partial charge in [-0.15, -0.1) is 11.3 Å². The molecule has 3 heteroatoms. The average Bonchev–Trinajstić information content (AvgIpc) is 2.84. The Kier molecular flexibility index (Phi) is 4.06. The normalized spacial score (nSPS) is 19.6. The van der Waals surface area contributed by atoms with Crippen LogP contribution in [0.15, 0.2) is 12.1 Å². The van der Waals surface area contributed by atoms with Gasteiger partial charge >= 0.3 is 0 Å². The van der Waals surface area contributed by atoms with Crippen molar-refractivity contribution in [2.24, 2.45) is 5.92 Å². The summed E-state index contributed by atoms with van der Waals surface area (Å²) in [6, 6.07) is 4.73. The van der Waals surface area contributed by atoms with Crippen molar-refractivity contribution in [1.82, 2.24) is 5.32 Å². The summed E-state index contributed by atoms with van der Waals surface area (Å²) in [7, 11) is 0. The van der Waals surface area contributed by atoms with E-state index in [0.717, 1.165) is 16.8 Å². The van der Waals surface area contributed by atoms with Gasteiger partial charge < -0.3 is 5.32 Å². The van der Waals surface area contributed by atoms with Crippen molar-refractivity contribution in [1.29, 1.82) is 0 Å². The van der Waals surface area contributed by atoms with Gasteiger partial charge in [-0.1, -0.05) is 24.4 Å². The maximum Gasteiger partial charge on any atom is 0.0931 e. The first-order valence-electron chi connectivity index (χ1n) is 5.73. The van der Waals surface area contributed by atoms with Crippen molar-refractivity contribution >= 4 is 22.9 Å². The van der Waals surface area contributed by atoms with Crippen molar-refractivity contribution in [3.63, 3.8) is 0 Å². The Morgan fingerprint density at radius 2 is 2.20 bits per heavy atom. The molecule has 15 heavy (non-hydrogen) atoms. The smallest absolute Gasteiger partial charge is 0.0931 e. The van der Waals surface area contributed by atoms with E-state index in [9.17, 15) is 0 Å². The maximum absolute atomic E-state index is 5.89. The molecule has 0 aliphatic heterocycles. The largest absolute Gasteiger partial charge is 0.309 e. The van der Waals surface area contributed by atoms with Crippen molar-refractivity contribution in [3.05, 3.63) is 21.3 Å². The molecule has 0 aromatic carbocycles. The summed E-state index contributed by atoms with van der Waals surface area (Å²) in [6.07, 6.45) is 5.64. The third kappa shape index (κ3) is 3.20. The van der Waals surface area contributed by atoms with Gasteiger partial charge in [0, 0.05) is 17.5 Å². The predicted molar refractivity (Wildman–Crippen MR) is 67.6 cm³/mol. The zero-order chi connectivity index (χ0) is 10.7. The van der Waals surface area contributed by atoms with Gasteiger partial charge in [-0.2, -0.15) is 0 Å². The Balaban J connectivity index is 1.77. The second-order valence-electron chi connectivity index (χ2n) is 4.42. The second kappa shape index (κ2) is 5.33. The highest BCUT2D eigenvalue weighted by molar-refractivity contribution is 7.16. The molecule has 1 fully saturated rings. The first kappa shape index (κ1) is 11.4. The molecule has 1 aromatic heterocycles. The summed E-state index contributed by atoms with van der Waals surface area (Å²) >= 11 is 7.57. The molecule has 0 radical (unpaired) electrons. The molecule has 1 aliphatic rings. The van der Waals surface area contributed by atoms with Gasteiger partial charge in [0.15, 0.2) is 0 Å². The van der Waals surface area contributed by atoms with E-state index in [1.165, 1.54) is 30.6 Å². The van der Waals surface area contributed by atoms with Crippen LogP contribution in [0.2, 0.25) is 4.34 Å². The van der Waals surface area contributed by atoms with Gasteiger partial charge in [0.05, 0.1) is 4.34 Å². The first-order valence-corrected chi connectivity index (χ1v) is 6.93. The monoisotopic (exact) mass is 243 g/mol. The van der Waals surface area contributed by atoms with Gasteiger partial charge in [-0.05, 0) is 37.8 Å². The lowest BCUT2D eigenvalue weighted by molar-refractivity contribution is 0.381. The minimum absolute atomic E-state index is 0.647. The van der Waals surface area contributed by atoms with Crippen LogP contribution in [-0.4, -0.2) is 6.04 Å². The van der Waals surface area contributed by atoms with Crippen LogP contribution in [0.5, 0.6) is 0 Å². The Labute approximate surface area is 101 Å². The van der Waals surface area contributed by atoms with Gasteiger partial charge in [0.1, 0.15) is 0 Å². The highest BCUT2D eigenvalue weighted by Crippen LogP contribution is 2.28. The fourth-order valence-electron chi connectivity index (χ4n) is 2.33. The molecular formula is C12H18ClNS. The maximum atomic E-state index is 5.89. The molecule has 1 aliphatic carbocycles. The Morgan fingerprint density at radius 1 is 1.47 bits per heavy atom. The van der Waals surface area contributed by atoms with Crippen molar-refractivity contribution in [2.45, 2.75) is 45.2 Å². The van der Waals surface area contributed by atoms with Crippen LogP contribution in [0.25, 0.3) is 0 Å². The molecule has 1 atom stereocenters. The van der Waals surface area contributed by atoms with E-state index >= 15 is 0 Å². The van der Waals surface area contributed by atoms with Crippen LogP contribution in [0.1, 0.15) is 37.5 Å². The fourth-order valence-corrected chi connectivity index (χ4v) is 3.37. The standard InChI is InChI=1S/C12H18ClNS/c1-9(10-4-2-3-5-10)14-8-11-6-7-12(13)15-11/h6-7,9-10,14H,2-5,8H2,1H3/t9-/m0/s1. The van der Waals surface area contributed by atoms with Crippen molar-refractivity contribution < 1.29 is 0 Å². The van der Waals surface area contributed by atoms with Gasteiger partial charge in [0.25, 0.3) is 0 Å².